The van der Waals surface area contributed by atoms with Crippen molar-refractivity contribution in [3.05, 3.63) is 24.2 Å². The molecule has 0 saturated carbocycles. The molecule has 1 aliphatic rings. The van der Waals surface area contributed by atoms with Crippen LogP contribution in [0.2, 0.25) is 0 Å². The van der Waals surface area contributed by atoms with Crippen LogP contribution in [0.25, 0.3) is 0 Å². The number of aryl methyl sites for hydroxylation is 1. The Morgan fingerprint density at radius 2 is 2.21 bits per heavy atom. The van der Waals surface area contributed by atoms with Gasteiger partial charge in [0.15, 0.2) is 0 Å². The minimum atomic E-state index is 0.228. The fourth-order valence-corrected chi connectivity index (χ4v) is 2.47. The first-order valence-corrected chi connectivity index (χ1v) is 7.02. The van der Waals surface area contributed by atoms with Crippen molar-refractivity contribution in [2.45, 2.75) is 19.3 Å². The van der Waals surface area contributed by atoms with Crippen LogP contribution >= 0.6 is 0 Å². The van der Waals surface area contributed by atoms with Crippen molar-refractivity contribution in [2.75, 3.05) is 39.3 Å². The summed E-state index contributed by atoms with van der Waals surface area (Å²) >= 11 is 0. The molecule has 2 heterocycles. The number of rotatable bonds is 5. The van der Waals surface area contributed by atoms with Crippen LogP contribution in [0.1, 0.15) is 18.6 Å². The zero-order chi connectivity index (χ0) is 13.5. The molecule has 0 aliphatic carbocycles. The molecule has 19 heavy (non-hydrogen) atoms. The summed E-state index contributed by atoms with van der Waals surface area (Å²) in [7, 11) is 0. The van der Waals surface area contributed by atoms with Gasteiger partial charge in [-0.05, 0) is 25.1 Å². The molecule has 5 heteroatoms. The maximum absolute atomic E-state index is 12.2. The van der Waals surface area contributed by atoms with E-state index in [1.165, 1.54) is 0 Å². The van der Waals surface area contributed by atoms with E-state index in [4.69, 9.17) is 10.2 Å². The number of hydrogen-bond donors (Lipinski definition) is 1. The van der Waals surface area contributed by atoms with E-state index in [1.807, 2.05) is 17.0 Å². The van der Waals surface area contributed by atoms with E-state index in [0.29, 0.717) is 19.4 Å². The van der Waals surface area contributed by atoms with Gasteiger partial charge in [-0.1, -0.05) is 0 Å². The smallest absolute Gasteiger partial charge is 0.223 e. The fraction of sp³-hybridized carbons (Fsp3) is 0.643. The maximum Gasteiger partial charge on any atom is 0.223 e. The second-order valence-corrected chi connectivity index (χ2v) is 4.94. The summed E-state index contributed by atoms with van der Waals surface area (Å²) in [4.78, 5) is 16.5. The molecule has 1 fully saturated rings. The number of carbonyl (C=O) groups is 1. The summed E-state index contributed by atoms with van der Waals surface area (Å²) in [5, 5.41) is 0. The van der Waals surface area contributed by atoms with Crippen LogP contribution in [-0.2, 0) is 11.2 Å². The number of carbonyl (C=O) groups excluding carboxylic acids is 1. The summed E-state index contributed by atoms with van der Waals surface area (Å²) < 4.78 is 5.25. The molecule has 5 nitrogen and oxygen atoms in total. The number of nitrogens with two attached hydrogens (primary N) is 1. The van der Waals surface area contributed by atoms with Crippen molar-refractivity contribution in [1.82, 2.24) is 9.80 Å². The van der Waals surface area contributed by atoms with Gasteiger partial charge in [0.25, 0.3) is 0 Å². The molecule has 1 aromatic heterocycles. The summed E-state index contributed by atoms with van der Waals surface area (Å²) in [5.41, 5.74) is 5.57. The molecule has 2 rings (SSSR count). The lowest BCUT2D eigenvalue weighted by Gasteiger charge is -2.21. The molecule has 1 saturated heterocycles. The van der Waals surface area contributed by atoms with Gasteiger partial charge < -0.3 is 20.0 Å². The van der Waals surface area contributed by atoms with Crippen molar-refractivity contribution in [3.63, 3.8) is 0 Å². The van der Waals surface area contributed by atoms with Crippen LogP contribution in [0.3, 0.4) is 0 Å². The van der Waals surface area contributed by atoms with E-state index in [9.17, 15) is 4.79 Å². The predicted octanol–water partition coefficient (Wildman–Crippen LogP) is 0.705. The second-order valence-electron chi connectivity index (χ2n) is 4.94. The summed E-state index contributed by atoms with van der Waals surface area (Å²) in [5.74, 6) is 1.11. The molecule has 0 unspecified atom stereocenters. The number of amides is 1. The van der Waals surface area contributed by atoms with Crippen LogP contribution in [0.5, 0.6) is 0 Å². The number of nitrogens with zero attached hydrogens (tertiary/aromatic N) is 2. The average Bonchev–Trinajstić information content (AvgIpc) is 2.82. The highest BCUT2D eigenvalue weighted by atomic mass is 16.3. The lowest BCUT2D eigenvalue weighted by atomic mass is 10.2. The second kappa shape index (κ2) is 7.31. The average molecular weight is 265 g/mol. The van der Waals surface area contributed by atoms with Crippen LogP contribution < -0.4 is 5.73 Å². The Morgan fingerprint density at radius 1 is 1.32 bits per heavy atom. The molecule has 0 spiro atoms. The van der Waals surface area contributed by atoms with Gasteiger partial charge in [0.2, 0.25) is 5.91 Å². The van der Waals surface area contributed by atoms with E-state index >= 15 is 0 Å². The minimum Gasteiger partial charge on any atom is -0.469 e. The Morgan fingerprint density at radius 3 is 2.95 bits per heavy atom. The quantitative estimate of drug-likeness (QED) is 0.851. The molecule has 0 atom stereocenters. The standard InChI is InChI=1S/C14H23N3O2/c15-6-9-16-7-2-8-17(11-10-16)14(18)5-4-13-3-1-12-19-13/h1,3,12H,2,4-11,15H2. The third-order valence-electron chi connectivity index (χ3n) is 3.55. The van der Waals surface area contributed by atoms with E-state index in [-0.39, 0.29) is 5.91 Å². The van der Waals surface area contributed by atoms with E-state index in [2.05, 4.69) is 4.90 Å². The topological polar surface area (TPSA) is 62.7 Å². The Labute approximate surface area is 114 Å². The van der Waals surface area contributed by atoms with Crippen LogP contribution in [0.15, 0.2) is 22.8 Å². The van der Waals surface area contributed by atoms with Crippen LogP contribution in [0.4, 0.5) is 0 Å². The van der Waals surface area contributed by atoms with Crippen molar-refractivity contribution in [1.29, 1.82) is 0 Å². The highest BCUT2D eigenvalue weighted by Crippen LogP contribution is 2.08. The fourth-order valence-electron chi connectivity index (χ4n) is 2.47. The first-order valence-electron chi connectivity index (χ1n) is 7.02. The van der Waals surface area contributed by atoms with Gasteiger partial charge in [-0.3, -0.25) is 4.79 Å². The lowest BCUT2D eigenvalue weighted by Crippen LogP contribution is -2.36. The number of furan rings is 1. The summed E-state index contributed by atoms with van der Waals surface area (Å²) in [6.45, 7) is 5.26. The van der Waals surface area contributed by atoms with Crippen LogP contribution in [-0.4, -0.2) is 55.0 Å². The molecular weight excluding hydrogens is 242 g/mol. The Balaban J connectivity index is 1.76. The van der Waals surface area contributed by atoms with Gasteiger partial charge in [0.1, 0.15) is 5.76 Å². The van der Waals surface area contributed by atoms with Gasteiger partial charge >= 0.3 is 0 Å². The monoisotopic (exact) mass is 265 g/mol. The molecular formula is C14H23N3O2. The van der Waals surface area contributed by atoms with Gasteiger partial charge in [-0.25, -0.2) is 0 Å². The Kier molecular flexibility index (Phi) is 5.42. The third-order valence-corrected chi connectivity index (χ3v) is 3.55. The van der Waals surface area contributed by atoms with Gasteiger partial charge in [0.05, 0.1) is 6.26 Å². The van der Waals surface area contributed by atoms with Crippen LogP contribution in [0, 0.1) is 0 Å². The van der Waals surface area contributed by atoms with Crippen molar-refractivity contribution in [2.24, 2.45) is 5.73 Å². The van der Waals surface area contributed by atoms with E-state index < -0.39 is 0 Å². The first-order chi connectivity index (χ1) is 9.29. The normalized spacial score (nSPS) is 17.4. The van der Waals surface area contributed by atoms with Crippen molar-refractivity contribution in [3.8, 4) is 0 Å². The highest BCUT2D eigenvalue weighted by molar-refractivity contribution is 5.76. The maximum atomic E-state index is 12.2. The molecule has 106 valence electrons. The zero-order valence-corrected chi connectivity index (χ0v) is 11.4. The van der Waals surface area contributed by atoms with Gasteiger partial charge in [-0.15, -0.1) is 0 Å². The first kappa shape index (κ1) is 14.1. The molecule has 0 bridgehead atoms. The molecule has 0 radical (unpaired) electrons. The van der Waals surface area contributed by atoms with E-state index in [0.717, 1.165) is 44.9 Å². The molecule has 1 aliphatic heterocycles. The molecule has 0 aromatic carbocycles. The van der Waals surface area contributed by atoms with Gasteiger partial charge in [-0.2, -0.15) is 0 Å². The van der Waals surface area contributed by atoms with Gasteiger partial charge in [0, 0.05) is 45.6 Å². The summed E-state index contributed by atoms with van der Waals surface area (Å²) in [6, 6.07) is 3.77. The largest absolute Gasteiger partial charge is 0.469 e. The SMILES string of the molecule is NCCN1CCCN(C(=O)CCc2ccco2)CC1. The molecule has 1 aromatic rings. The number of hydrogen-bond acceptors (Lipinski definition) is 4. The van der Waals surface area contributed by atoms with Crippen molar-refractivity contribution >= 4 is 5.91 Å². The predicted molar refractivity (Wildman–Crippen MR) is 73.7 cm³/mol. The molecule has 1 amide bonds. The lowest BCUT2D eigenvalue weighted by molar-refractivity contribution is -0.131. The third kappa shape index (κ3) is 4.36. The van der Waals surface area contributed by atoms with Crippen molar-refractivity contribution < 1.29 is 9.21 Å². The highest BCUT2D eigenvalue weighted by Gasteiger charge is 2.18. The van der Waals surface area contributed by atoms with E-state index in [1.54, 1.807) is 6.26 Å². The minimum absolute atomic E-state index is 0.228. The Hall–Kier alpha value is -1.33. The Bertz CT molecular complexity index is 378. The summed E-state index contributed by atoms with van der Waals surface area (Å²) in [6.07, 6.45) is 3.90. The molecule has 2 N–H and O–H groups in total. The zero-order valence-electron chi connectivity index (χ0n) is 11.4.